The molecule has 0 saturated carbocycles. The Kier molecular flexibility index (Phi) is 6.05. The minimum atomic E-state index is -0.874. The van der Waals surface area contributed by atoms with E-state index in [-0.39, 0.29) is 23.5 Å². The molecule has 2 aromatic heterocycles. The zero-order valence-electron chi connectivity index (χ0n) is 18.7. The van der Waals surface area contributed by atoms with Crippen LogP contribution in [0.25, 0.3) is 11.3 Å². The fourth-order valence-corrected chi connectivity index (χ4v) is 4.28. The number of rotatable bonds is 6. The van der Waals surface area contributed by atoms with Crippen molar-refractivity contribution in [3.63, 3.8) is 0 Å². The van der Waals surface area contributed by atoms with Gasteiger partial charge in [0.1, 0.15) is 24.0 Å². The van der Waals surface area contributed by atoms with E-state index >= 15 is 0 Å². The normalized spacial score (nSPS) is 19.2. The van der Waals surface area contributed by atoms with Crippen LogP contribution in [-0.2, 0) is 11.3 Å². The fraction of sp³-hybridized carbons (Fsp3) is 0.500. The van der Waals surface area contributed by atoms with Crippen molar-refractivity contribution in [2.75, 3.05) is 19.6 Å². The van der Waals surface area contributed by atoms with E-state index in [1.165, 1.54) is 6.33 Å². The Balaban J connectivity index is 1.50. The van der Waals surface area contributed by atoms with E-state index in [0.717, 1.165) is 35.6 Å². The number of hydrogen-bond donors (Lipinski definition) is 1. The highest BCUT2D eigenvalue weighted by molar-refractivity contribution is 6.44. The third-order valence-electron chi connectivity index (χ3n) is 5.51. The van der Waals surface area contributed by atoms with Crippen LogP contribution in [0.4, 0.5) is 0 Å². The van der Waals surface area contributed by atoms with E-state index in [9.17, 15) is 9.90 Å². The van der Waals surface area contributed by atoms with Gasteiger partial charge in [-0.15, -0.1) is 0 Å². The summed E-state index contributed by atoms with van der Waals surface area (Å²) in [5.74, 6) is 0.314. The van der Waals surface area contributed by atoms with Gasteiger partial charge in [0.15, 0.2) is 5.78 Å². The molecule has 1 fully saturated rings. The van der Waals surface area contributed by atoms with Gasteiger partial charge < -0.3 is 14.7 Å². The predicted molar refractivity (Wildman–Crippen MR) is 121 cm³/mol. The summed E-state index contributed by atoms with van der Waals surface area (Å²) in [6.45, 7) is 9.18. The Morgan fingerprint density at radius 2 is 2.09 bits per heavy atom. The van der Waals surface area contributed by atoms with Crippen LogP contribution < -0.4 is 4.74 Å². The molecular formula is C22H27ClN6O3. The first-order valence-electron chi connectivity index (χ1n) is 10.6. The average Bonchev–Trinajstić information content (AvgIpc) is 3.27. The van der Waals surface area contributed by atoms with Gasteiger partial charge in [-0.25, -0.2) is 9.97 Å². The number of hydrogen-bond acceptors (Lipinski definition) is 8. The second-order valence-electron chi connectivity index (χ2n) is 8.82. The van der Waals surface area contributed by atoms with Crippen LogP contribution in [0.15, 0.2) is 28.1 Å². The van der Waals surface area contributed by atoms with Gasteiger partial charge in [0, 0.05) is 36.5 Å². The Morgan fingerprint density at radius 1 is 1.31 bits per heavy atom. The monoisotopic (exact) mass is 458 g/mol. The van der Waals surface area contributed by atoms with Crippen molar-refractivity contribution < 1.29 is 14.6 Å². The molecule has 1 N–H and O–H groups in total. The molecular weight excluding hydrogens is 432 g/mol. The summed E-state index contributed by atoms with van der Waals surface area (Å²) in [5.41, 5.74) is 3.15. The second-order valence-corrected chi connectivity index (χ2v) is 9.20. The summed E-state index contributed by atoms with van der Waals surface area (Å²) < 4.78 is 7.93. The Hall–Kier alpha value is -2.78. The lowest BCUT2D eigenvalue weighted by atomic mass is 10.1. The van der Waals surface area contributed by atoms with Gasteiger partial charge in [0.05, 0.1) is 35.8 Å². The third kappa shape index (κ3) is 4.68. The third-order valence-corrected chi connectivity index (χ3v) is 5.91. The number of aromatic nitrogens is 4. The van der Waals surface area contributed by atoms with Gasteiger partial charge in [0.25, 0.3) is 0 Å². The van der Waals surface area contributed by atoms with Crippen molar-refractivity contribution in [1.29, 1.82) is 0 Å². The van der Waals surface area contributed by atoms with Crippen molar-refractivity contribution in [3.05, 3.63) is 34.5 Å². The molecule has 1 atom stereocenters. The maximum absolute atomic E-state index is 11.8. The number of ketones is 1. The lowest BCUT2D eigenvalue weighted by molar-refractivity contribution is -0.113. The van der Waals surface area contributed by atoms with Crippen molar-refractivity contribution in [2.24, 2.45) is 4.99 Å². The largest absolute Gasteiger partial charge is 0.472 e. The van der Waals surface area contributed by atoms with Crippen molar-refractivity contribution in [3.8, 4) is 17.1 Å². The standard InChI is InChI=1S/C22H27ClN6O3/c1-13-20(14(2)29(27-13)11-22(3,4)31)16-7-19(26-12-25-16)32-15-5-6-28(10-15)17-8-24-9-18(30)21(17)23/h7-8,12,15,31H,5-6,9-11H2,1-4H3/t15-/m1/s1. The molecule has 10 heteroatoms. The number of Topliss-reactive ketones (excluding diaryl/α,β-unsaturated/α-hetero) is 1. The molecule has 0 radical (unpaired) electrons. The van der Waals surface area contributed by atoms with Gasteiger partial charge in [-0.2, -0.15) is 5.10 Å². The number of nitrogens with zero attached hydrogens (tertiary/aromatic N) is 6. The molecule has 0 aliphatic carbocycles. The van der Waals surface area contributed by atoms with Crippen LogP contribution in [0.3, 0.4) is 0 Å². The first kappa shape index (κ1) is 22.4. The zero-order valence-corrected chi connectivity index (χ0v) is 19.4. The molecule has 32 heavy (non-hydrogen) atoms. The van der Waals surface area contributed by atoms with Crippen molar-refractivity contribution >= 4 is 23.6 Å². The van der Waals surface area contributed by atoms with Crippen LogP contribution >= 0.6 is 11.6 Å². The molecule has 0 aromatic carbocycles. The van der Waals surface area contributed by atoms with Crippen LogP contribution in [0.1, 0.15) is 31.7 Å². The lowest BCUT2D eigenvalue weighted by Gasteiger charge is -2.22. The second kappa shape index (κ2) is 8.63. The highest BCUT2D eigenvalue weighted by atomic mass is 35.5. The Bertz CT molecular complexity index is 1100. The van der Waals surface area contributed by atoms with Crippen molar-refractivity contribution in [2.45, 2.75) is 52.4 Å². The number of allylic oxidation sites excluding steroid dienone is 1. The smallest absolute Gasteiger partial charge is 0.217 e. The minimum Gasteiger partial charge on any atom is -0.472 e. The highest BCUT2D eigenvalue weighted by Crippen LogP contribution is 2.29. The van der Waals surface area contributed by atoms with E-state index in [0.29, 0.717) is 24.7 Å². The Morgan fingerprint density at radius 3 is 2.84 bits per heavy atom. The van der Waals surface area contributed by atoms with Crippen LogP contribution in [0.5, 0.6) is 5.88 Å². The number of carbonyl (C=O) groups is 1. The molecule has 1 saturated heterocycles. The Labute approximate surface area is 191 Å². The SMILES string of the molecule is Cc1nn(CC(C)(C)O)c(C)c1-c1cc(O[C@@H]2CCN(C3=C(Cl)C(=O)CN=C3)C2)ncn1. The first-order valence-corrected chi connectivity index (χ1v) is 10.9. The zero-order chi connectivity index (χ0) is 23.0. The first-order chi connectivity index (χ1) is 15.1. The van der Waals surface area contributed by atoms with E-state index in [1.807, 2.05) is 24.8 Å². The summed E-state index contributed by atoms with van der Waals surface area (Å²) in [5, 5.41) is 15.0. The lowest BCUT2D eigenvalue weighted by Crippen LogP contribution is -2.28. The summed E-state index contributed by atoms with van der Waals surface area (Å²) in [4.78, 5) is 26.7. The molecule has 2 aromatic rings. The molecule has 2 aliphatic rings. The molecule has 4 rings (SSSR count). The van der Waals surface area contributed by atoms with Crippen LogP contribution in [-0.4, -0.2) is 73.1 Å². The molecule has 0 amide bonds. The topological polar surface area (TPSA) is 106 Å². The number of aryl methyl sites for hydroxylation is 1. The quantitative estimate of drug-likeness (QED) is 0.707. The number of dihydropyridines is 1. The van der Waals surface area contributed by atoms with E-state index in [1.54, 1.807) is 24.7 Å². The van der Waals surface area contributed by atoms with E-state index in [4.69, 9.17) is 16.3 Å². The highest BCUT2D eigenvalue weighted by Gasteiger charge is 2.29. The fourth-order valence-electron chi connectivity index (χ4n) is 4.05. The number of likely N-dealkylation sites (tertiary alicyclic amines) is 1. The summed E-state index contributed by atoms with van der Waals surface area (Å²) in [6, 6.07) is 1.81. The summed E-state index contributed by atoms with van der Waals surface area (Å²) >= 11 is 6.19. The maximum atomic E-state index is 11.8. The molecule has 0 spiro atoms. The number of aliphatic hydroxyl groups is 1. The van der Waals surface area contributed by atoms with Gasteiger partial charge >= 0.3 is 0 Å². The van der Waals surface area contributed by atoms with Gasteiger partial charge in [-0.1, -0.05) is 11.6 Å². The molecule has 0 bridgehead atoms. The molecule has 0 unspecified atom stereocenters. The van der Waals surface area contributed by atoms with Crippen LogP contribution in [0.2, 0.25) is 0 Å². The summed E-state index contributed by atoms with van der Waals surface area (Å²) in [6.07, 6.45) is 3.82. The predicted octanol–water partition coefficient (Wildman–Crippen LogP) is 2.28. The van der Waals surface area contributed by atoms with Gasteiger partial charge in [-0.3, -0.25) is 14.5 Å². The number of ether oxygens (including phenoxy) is 1. The van der Waals surface area contributed by atoms with Gasteiger partial charge in [0.2, 0.25) is 5.88 Å². The number of carbonyl (C=O) groups excluding carboxylic acids is 1. The van der Waals surface area contributed by atoms with E-state index in [2.05, 4.69) is 20.1 Å². The number of halogens is 1. The maximum Gasteiger partial charge on any atom is 0.217 e. The van der Waals surface area contributed by atoms with E-state index < -0.39 is 5.60 Å². The summed E-state index contributed by atoms with van der Waals surface area (Å²) in [7, 11) is 0. The average molecular weight is 459 g/mol. The van der Waals surface area contributed by atoms with Crippen LogP contribution in [0, 0.1) is 13.8 Å². The van der Waals surface area contributed by atoms with Gasteiger partial charge in [-0.05, 0) is 27.7 Å². The molecule has 170 valence electrons. The molecule has 4 heterocycles. The molecule has 2 aliphatic heterocycles. The van der Waals surface area contributed by atoms with Crippen molar-refractivity contribution in [1.82, 2.24) is 24.6 Å². The molecule has 9 nitrogen and oxygen atoms in total. The minimum absolute atomic E-state index is 0.0970. The number of aliphatic imine (C=N–C) groups is 1.